The number of hydrogen-bond donors (Lipinski definition) is 3. The van der Waals surface area contributed by atoms with Crippen LogP contribution in [0.15, 0.2) is 58.9 Å². The molecule has 1 amide bonds. The van der Waals surface area contributed by atoms with E-state index in [-0.39, 0.29) is 19.1 Å². The molecule has 5 rings (SSSR count). The normalized spacial score (nSPS) is 13.1. The predicted octanol–water partition coefficient (Wildman–Crippen LogP) is 6.75. The van der Waals surface area contributed by atoms with Crippen LogP contribution in [0, 0.1) is 28.6 Å². The standard InChI is InChI=1S/C37H38ClN7O4S2/c1-23(2)17-31(37(47)48)43-32(46)20-41-13-16-49-28-11-7-24(8-12-28)33-29(18-39)34(45-14-3-4-15-45)44-36(30(33)19-40)51-22-27-21-50-35(42-27)25-5-9-26(38)10-6-25/h5-12,21,23,31,41H,3-4,13-17,20,22H2,1-2H3,(H,43,46)(H,47,48)/t31-/m0/s1. The zero-order valence-electron chi connectivity index (χ0n) is 28.3. The highest BCUT2D eigenvalue weighted by molar-refractivity contribution is 7.98. The highest BCUT2D eigenvalue weighted by Gasteiger charge is 2.26. The summed E-state index contributed by atoms with van der Waals surface area (Å²) in [6.45, 7) is 5.96. The molecule has 0 aliphatic carbocycles. The minimum Gasteiger partial charge on any atom is -0.492 e. The summed E-state index contributed by atoms with van der Waals surface area (Å²) in [6, 6.07) is 18.5. The molecule has 0 saturated carbocycles. The molecule has 51 heavy (non-hydrogen) atoms. The van der Waals surface area contributed by atoms with Crippen molar-refractivity contribution in [3.8, 4) is 39.6 Å². The first kappa shape index (κ1) is 37.6. The average Bonchev–Trinajstić information content (AvgIpc) is 3.83. The van der Waals surface area contributed by atoms with Crippen molar-refractivity contribution in [3.63, 3.8) is 0 Å². The molecule has 1 saturated heterocycles. The number of ether oxygens (including phenoxy) is 1. The van der Waals surface area contributed by atoms with Gasteiger partial charge >= 0.3 is 5.97 Å². The largest absolute Gasteiger partial charge is 0.492 e. The predicted molar refractivity (Wildman–Crippen MR) is 200 cm³/mol. The second kappa shape index (κ2) is 18.0. The van der Waals surface area contributed by atoms with Crippen LogP contribution in [-0.2, 0) is 15.3 Å². The second-order valence-corrected chi connectivity index (χ2v) is 14.6. The number of benzene rings is 2. The lowest BCUT2D eigenvalue weighted by atomic mass is 9.96. The van der Waals surface area contributed by atoms with Crippen LogP contribution in [0.4, 0.5) is 5.82 Å². The number of thiazole rings is 1. The van der Waals surface area contributed by atoms with Crippen molar-refractivity contribution >= 4 is 52.4 Å². The molecule has 11 nitrogen and oxygen atoms in total. The number of thioether (sulfide) groups is 1. The van der Waals surface area contributed by atoms with Gasteiger partial charge in [-0.1, -0.05) is 61.5 Å². The van der Waals surface area contributed by atoms with Gasteiger partial charge in [-0.3, -0.25) is 4.79 Å². The van der Waals surface area contributed by atoms with Crippen LogP contribution in [0.1, 0.15) is 49.9 Å². The minimum absolute atomic E-state index is 0.0359. The maximum Gasteiger partial charge on any atom is 0.326 e. The second-order valence-electron chi connectivity index (χ2n) is 12.4. The van der Waals surface area contributed by atoms with E-state index in [1.807, 2.05) is 55.6 Å². The molecule has 1 atom stereocenters. The quantitative estimate of drug-likeness (QED) is 0.0822. The lowest BCUT2D eigenvalue weighted by molar-refractivity contribution is -0.142. The zero-order chi connectivity index (χ0) is 36.3. The van der Waals surface area contributed by atoms with E-state index in [1.165, 1.54) is 11.8 Å². The number of rotatable bonds is 16. The number of carbonyl (C=O) groups excluding carboxylic acids is 1. The van der Waals surface area contributed by atoms with Crippen LogP contribution in [0.3, 0.4) is 0 Å². The summed E-state index contributed by atoms with van der Waals surface area (Å²) in [4.78, 5) is 35.5. The van der Waals surface area contributed by atoms with Gasteiger partial charge in [-0.2, -0.15) is 10.5 Å². The molecule has 2 aromatic carbocycles. The fourth-order valence-electron chi connectivity index (χ4n) is 5.65. The molecular weight excluding hydrogens is 706 g/mol. The van der Waals surface area contributed by atoms with E-state index in [1.54, 1.807) is 23.5 Å². The van der Waals surface area contributed by atoms with Crippen molar-refractivity contribution in [2.45, 2.75) is 49.9 Å². The molecule has 3 heterocycles. The average molecular weight is 744 g/mol. The number of halogens is 1. The van der Waals surface area contributed by atoms with E-state index in [4.69, 9.17) is 26.3 Å². The van der Waals surface area contributed by atoms with E-state index >= 15 is 0 Å². The molecule has 3 N–H and O–H groups in total. The van der Waals surface area contributed by atoms with Crippen molar-refractivity contribution in [3.05, 3.63) is 75.8 Å². The third-order valence-electron chi connectivity index (χ3n) is 8.09. The molecule has 1 aliphatic heterocycles. The number of hydrogen-bond acceptors (Lipinski definition) is 11. The molecule has 1 aliphatic rings. The molecular formula is C37H38ClN7O4S2. The number of aliphatic carboxylic acids is 1. The third kappa shape index (κ3) is 9.99. The van der Waals surface area contributed by atoms with Crippen molar-refractivity contribution in [1.82, 2.24) is 20.6 Å². The molecule has 4 aromatic rings. The molecule has 0 bridgehead atoms. The summed E-state index contributed by atoms with van der Waals surface area (Å²) < 4.78 is 5.86. The molecule has 1 fully saturated rings. The summed E-state index contributed by atoms with van der Waals surface area (Å²) >= 11 is 9.02. The van der Waals surface area contributed by atoms with E-state index in [9.17, 15) is 25.2 Å². The Labute approximate surface area is 310 Å². The number of nitriles is 2. The van der Waals surface area contributed by atoms with E-state index in [0.29, 0.717) is 62.6 Å². The SMILES string of the molecule is CC(C)C[C@H](NC(=O)CNCCOc1ccc(-c2c(C#N)c(SCc3csc(-c4ccc(Cl)cc4)n3)nc(N3CCCC3)c2C#N)cc1)C(=O)O. The Morgan fingerprint density at radius 2 is 1.73 bits per heavy atom. The van der Waals surface area contributed by atoms with Crippen LogP contribution in [0.25, 0.3) is 21.7 Å². The number of amides is 1. The summed E-state index contributed by atoms with van der Waals surface area (Å²) in [5.74, 6) is 0.340. The Morgan fingerprint density at radius 1 is 1.04 bits per heavy atom. The van der Waals surface area contributed by atoms with Crippen LogP contribution in [-0.4, -0.2) is 65.8 Å². The topological polar surface area (TPSA) is 164 Å². The smallest absolute Gasteiger partial charge is 0.326 e. The number of carboxylic acid groups (broad SMARTS) is 1. The fourth-order valence-corrected chi connectivity index (χ4v) is 7.58. The number of nitrogens with zero attached hydrogens (tertiary/aromatic N) is 5. The van der Waals surface area contributed by atoms with Gasteiger partial charge < -0.3 is 25.4 Å². The first-order valence-corrected chi connectivity index (χ1v) is 18.8. The molecule has 0 spiro atoms. The van der Waals surface area contributed by atoms with Crippen molar-refractivity contribution in [2.24, 2.45) is 5.92 Å². The number of aromatic nitrogens is 2. The monoisotopic (exact) mass is 743 g/mol. The Morgan fingerprint density at radius 3 is 2.37 bits per heavy atom. The van der Waals surface area contributed by atoms with Gasteiger partial charge in [-0.25, -0.2) is 14.8 Å². The van der Waals surface area contributed by atoms with Gasteiger partial charge in [-0.05, 0) is 55.0 Å². The Bertz CT molecular complexity index is 1920. The molecule has 0 radical (unpaired) electrons. The van der Waals surface area contributed by atoms with Gasteiger partial charge in [0.15, 0.2) is 0 Å². The van der Waals surface area contributed by atoms with Crippen LogP contribution in [0.5, 0.6) is 5.75 Å². The van der Waals surface area contributed by atoms with Gasteiger partial charge in [-0.15, -0.1) is 11.3 Å². The van der Waals surface area contributed by atoms with Crippen molar-refractivity contribution < 1.29 is 19.4 Å². The van der Waals surface area contributed by atoms with Gasteiger partial charge in [0, 0.05) is 46.9 Å². The number of anilines is 1. The third-order valence-corrected chi connectivity index (χ3v) is 10.3. The number of carbonyl (C=O) groups is 2. The highest BCUT2D eigenvalue weighted by Crippen LogP contribution is 2.40. The molecule has 14 heteroatoms. The summed E-state index contributed by atoms with van der Waals surface area (Å²) in [5.41, 5.74) is 3.78. The Balaban J connectivity index is 1.28. The fraction of sp³-hybridized carbons (Fsp3) is 0.351. The van der Waals surface area contributed by atoms with E-state index in [2.05, 4.69) is 27.7 Å². The summed E-state index contributed by atoms with van der Waals surface area (Å²) in [6.07, 6.45) is 2.36. The highest BCUT2D eigenvalue weighted by atomic mass is 35.5. The van der Waals surface area contributed by atoms with Gasteiger partial charge in [0.2, 0.25) is 5.91 Å². The summed E-state index contributed by atoms with van der Waals surface area (Å²) in [7, 11) is 0. The van der Waals surface area contributed by atoms with Gasteiger partial charge in [0.1, 0.15) is 52.0 Å². The van der Waals surface area contributed by atoms with E-state index < -0.39 is 17.9 Å². The molecule has 0 unspecified atom stereocenters. The molecule has 264 valence electrons. The van der Waals surface area contributed by atoms with Crippen molar-refractivity contribution in [1.29, 1.82) is 10.5 Å². The lowest BCUT2D eigenvalue weighted by Crippen LogP contribution is -2.45. The summed E-state index contributed by atoms with van der Waals surface area (Å²) in [5, 5.41) is 39.8. The van der Waals surface area contributed by atoms with Crippen LogP contribution < -0.4 is 20.3 Å². The Kier molecular flexibility index (Phi) is 13.3. The maximum atomic E-state index is 12.2. The number of nitrogens with one attached hydrogen (secondary N) is 2. The first-order valence-electron chi connectivity index (χ1n) is 16.6. The minimum atomic E-state index is -1.05. The number of pyridine rings is 1. The number of carboxylic acids is 1. The van der Waals surface area contributed by atoms with Crippen LogP contribution >= 0.6 is 34.7 Å². The first-order chi connectivity index (χ1) is 24.7. The zero-order valence-corrected chi connectivity index (χ0v) is 30.7. The van der Waals surface area contributed by atoms with Gasteiger partial charge in [0.05, 0.1) is 17.8 Å². The van der Waals surface area contributed by atoms with Crippen LogP contribution in [0.2, 0.25) is 5.02 Å². The van der Waals surface area contributed by atoms with Gasteiger partial charge in [0.25, 0.3) is 0 Å². The van der Waals surface area contributed by atoms with E-state index in [0.717, 1.165) is 42.2 Å². The molecule has 2 aromatic heterocycles. The lowest BCUT2D eigenvalue weighted by Gasteiger charge is -2.22. The maximum absolute atomic E-state index is 12.2. The Hall–Kier alpha value is -4.66. The van der Waals surface area contributed by atoms with Crippen molar-refractivity contribution in [2.75, 3.05) is 37.7 Å².